The summed E-state index contributed by atoms with van der Waals surface area (Å²) in [5.74, 6) is -2.40. The summed E-state index contributed by atoms with van der Waals surface area (Å²) in [5, 5.41) is 8.91. The third-order valence-corrected chi connectivity index (χ3v) is 5.38. The van der Waals surface area contributed by atoms with E-state index in [4.69, 9.17) is 24.2 Å². The van der Waals surface area contributed by atoms with Crippen LogP contribution in [0.15, 0.2) is 17.1 Å². The molecule has 2 aliphatic heterocycles. The Balaban J connectivity index is 1.65. The zero-order chi connectivity index (χ0) is 21.6. The lowest BCUT2D eigenvalue weighted by molar-refractivity contribution is -0.166. The maximum Gasteiger partial charge on any atom is 0.351 e. The Bertz CT molecular complexity index is 939. The van der Waals surface area contributed by atoms with Gasteiger partial charge in [0.25, 0.3) is 0 Å². The van der Waals surface area contributed by atoms with Crippen LogP contribution < -0.4 is 11.2 Å². The third-order valence-electron chi connectivity index (χ3n) is 5.38. The molecule has 12 nitrogen and oxygen atoms in total. The number of aromatic nitrogens is 2. The summed E-state index contributed by atoms with van der Waals surface area (Å²) in [5.41, 5.74) is -0.360. The van der Waals surface area contributed by atoms with E-state index >= 15 is 0 Å². The second kappa shape index (κ2) is 7.36. The summed E-state index contributed by atoms with van der Waals surface area (Å²) < 4.78 is 23.2. The highest BCUT2D eigenvalue weighted by atomic mass is 16.7. The number of fused-ring (bicyclic) bond motifs is 1. The van der Waals surface area contributed by atoms with Gasteiger partial charge in [-0.25, -0.2) is 4.79 Å². The number of ether oxygens (including phenoxy) is 4. The van der Waals surface area contributed by atoms with Crippen LogP contribution in [0.25, 0.3) is 0 Å². The lowest BCUT2D eigenvalue weighted by Gasteiger charge is -2.21. The number of nitrogens with zero attached hydrogens (tertiary/aromatic N) is 2. The van der Waals surface area contributed by atoms with Crippen molar-refractivity contribution in [2.24, 2.45) is 11.3 Å². The van der Waals surface area contributed by atoms with Gasteiger partial charge in [-0.05, 0) is 18.9 Å². The highest BCUT2D eigenvalue weighted by molar-refractivity contribution is 6.03. The summed E-state index contributed by atoms with van der Waals surface area (Å²) in [6.45, 7) is 3.07. The quantitative estimate of drug-likeness (QED) is 0.279. The molecule has 30 heavy (non-hydrogen) atoms. The lowest BCUT2D eigenvalue weighted by Crippen LogP contribution is -2.40. The van der Waals surface area contributed by atoms with Gasteiger partial charge in [-0.1, -0.05) is 13.8 Å². The van der Waals surface area contributed by atoms with E-state index in [0.29, 0.717) is 12.8 Å². The first-order chi connectivity index (χ1) is 14.3. The van der Waals surface area contributed by atoms with Crippen LogP contribution in [0, 0.1) is 11.3 Å². The molecule has 0 aromatic carbocycles. The number of hydrogen-bond donors (Lipinski definition) is 2. The van der Waals surface area contributed by atoms with E-state index in [0.717, 1.165) is 4.57 Å². The van der Waals surface area contributed by atoms with Crippen molar-refractivity contribution in [3.8, 4) is 0 Å². The normalized spacial score (nSPS) is 29.1. The van der Waals surface area contributed by atoms with E-state index in [9.17, 15) is 19.2 Å². The van der Waals surface area contributed by atoms with E-state index in [2.05, 4.69) is 4.98 Å². The van der Waals surface area contributed by atoms with Crippen LogP contribution >= 0.6 is 0 Å². The summed E-state index contributed by atoms with van der Waals surface area (Å²) in [6, 6.07) is 1.30. The molecule has 1 aromatic rings. The predicted octanol–water partition coefficient (Wildman–Crippen LogP) is -0.242. The number of carbonyl (C=O) groups is 3. The Labute approximate surface area is 170 Å². The molecule has 162 valence electrons. The largest absolute Gasteiger partial charge is 0.463 e. The van der Waals surface area contributed by atoms with Crippen molar-refractivity contribution < 1.29 is 38.5 Å². The van der Waals surface area contributed by atoms with Crippen molar-refractivity contribution in [1.29, 1.82) is 0 Å². The molecule has 4 atom stereocenters. The van der Waals surface area contributed by atoms with Crippen LogP contribution in [-0.2, 0) is 33.3 Å². The molecule has 3 aliphatic rings. The number of anilines is 1. The Morgan fingerprint density at radius 3 is 2.53 bits per heavy atom. The topological polar surface area (TPSA) is 155 Å². The van der Waals surface area contributed by atoms with E-state index in [1.807, 2.05) is 0 Å². The van der Waals surface area contributed by atoms with Crippen LogP contribution in [0.3, 0.4) is 0 Å². The molecule has 1 aliphatic carbocycles. The first kappa shape index (κ1) is 20.3. The van der Waals surface area contributed by atoms with Crippen LogP contribution in [0.1, 0.15) is 32.9 Å². The molecule has 1 saturated carbocycles. The van der Waals surface area contributed by atoms with Crippen molar-refractivity contribution in [3.63, 3.8) is 0 Å². The molecule has 1 aromatic heterocycles. The minimum Gasteiger partial charge on any atom is -0.463 e. The molecule has 3 heterocycles. The average Bonchev–Trinajstić information content (AvgIpc) is 3.48. The average molecular weight is 423 g/mol. The van der Waals surface area contributed by atoms with Crippen LogP contribution in [0.2, 0.25) is 0 Å². The summed E-state index contributed by atoms with van der Waals surface area (Å²) in [7, 11) is 0. The highest BCUT2D eigenvalue weighted by Crippen LogP contribution is 2.51. The first-order valence-electron chi connectivity index (χ1n) is 9.50. The van der Waals surface area contributed by atoms with Crippen molar-refractivity contribution in [3.05, 3.63) is 22.7 Å². The van der Waals surface area contributed by atoms with E-state index in [1.165, 1.54) is 12.3 Å². The fourth-order valence-corrected chi connectivity index (χ4v) is 3.42. The number of hydrogen-bond acceptors (Lipinski definition) is 11. The molecule has 2 saturated heterocycles. The summed E-state index contributed by atoms with van der Waals surface area (Å²) in [6.07, 6.45) is -2.43. The fourth-order valence-electron chi connectivity index (χ4n) is 3.42. The monoisotopic (exact) mass is 423 g/mol. The molecule has 0 radical (unpaired) electrons. The Morgan fingerprint density at radius 1 is 1.30 bits per heavy atom. The van der Waals surface area contributed by atoms with Crippen LogP contribution in [0.4, 0.5) is 5.82 Å². The number of esters is 3. The molecule has 2 N–H and O–H groups in total. The summed E-state index contributed by atoms with van der Waals surface area (Å²) in [4.78, 5) is 53.0. The van der Waals surface area contributed by atoms with Crippen molar-refractivity contribution in [2.75, 3.05) is 12.1 Å². The van der Waals surface area contributed by atoms with E-state index in [1.54, 1.807) is 19.3 Å². The number of nitrogens with one attached hydrogen (secondary N) is 1. The Kier molecular flexibility index (Phi) is 4.98. The number of rotatable bonds is 5. The van der Waals surface area contributed by atoms with Gasteiger partial charge in [-0.3, -0.25) is 29.6 Å². The molecule has 4 rings (SSSR count). The maximum absolute atomic E-state index is 12.6. The molecule has 0 unspecified atom stereocenters. The zero-order valence-electron chi connectivity index (χ0n) is 16.3. The highest BCUT2D eigenvalue weighted by Gasteiger charge is 2.65. The fraction of sp³-hybridized carbons (Fsp3) is 0.611. The molecule has 0 bridgehead atoms. The molecule has 3 fully saturated rings. The van der Waals surface area contributed by atoms with Gasteiger partial charge in [-0.15, -0.1) is 0 Å². The van der Waals surface area contributed by atoms with Crippen molar-refractivity contribution >= 4 is 23.7 Å². The predicted molar refractivity (Wildman–Crippen MR) is 95.0 cm³/mol. The van der Waals surface area contributed by atoms with E-state index < -0.39 is 53.6 Å². The standard InChI is InChI=1S/C18H21N3O9/c1-8(2)14(22)27-7-9-11-12(30-16(24)18(4-5-18)15(23)29-11)13(28-9)21-6-3-10(20-26)19-17(21)25/h3,6,8-9,11-13,26H,4-5,7H2,1-2H3,(H,19,20,25)/t9-,11-,12-,13-/m1/s1. The Morgan fingerprint density at radius 2 is 1.97 bits per heavy atom. The maximum atomic E-state index is 12.6. The van der Waals surface area contributed by atoms with Gasteiger partial charge in [0, 0.05) is 6.20 Å². The second-order valence-electron chi connectivity index (χ2n) is 7.79. The van der Waals surface area contributed by atoms with Gasteiger partial charge < -0.3 is 18.9 Å². The minimum absolute atomic E-state index is 0.0885. The minimum atomic E-state index is -1.32. The number of carbonyl (C=O) groups excluding carboxylic acids is 3. The van der Waals surface area contributed by atoms with Gasteiger partial charge in [0.1, 0.15) is 12.7 Å². The smallest absolute Gasteiger partial charge is 0.351 e. The zero-order valence-corrected chi connectivity index (χ0v) is 16.3. The second-order valence-corrected chi connectivity index (χ2v) is 7.79. The van der Waals surface area contributed by atoms with Gasteiger partial charge >= 0.3 is 23.6 Å². The third kappa shape index (κ3) is 3.31. The first-order valence-corrected chi connectivity index (χ1v) is 9.50. The van der Waals surface area contributed by atoms with Gasteiger partial charge in [0.05, 0.1) is 5.92 Å². The van der Waals surface area contributed by atoms with Crippen LogP contribution in [0.5, 0.6) is 0 Å². The molecule has 1 spiro atoms. The Hall–Kier alpha value is -2.99. The molecule has 0 amide bonds. The SMILES string of the molecule is CC(C)C(=O)OC[C@H]1O[C@@H](n2ccc(NO)nc2=O)[C@@H]2OC(=O)C3(CC3)C(=O)O[C@@H]21. The molecular formula is C18H21N3O9. The van der Waals surface area contributed by atoms with Gasteiger partial charge in [-0.2, -0.15) is 4.98 Å². The molecule has 12 heteroatoms. The van der Waals surface area contributed by atoms with Crippen molar-refractivity contribution in [1.82, 2.24) is 9.55 Å². The van der Waals surface area contributed by atoms with Gasteiger partial charge in [0.2, 0.25) is 0 Å². The lowest BCUT2D eigenvalue weighted by atomic mass is 10.1. The van der Waals surface area contributed by atoms with Crippen molar-refractivity contribution in [2.45, 2.75) is 51.2 Å². The molecular weight excluding hydrogens is 402 g/mol. The summed E-state index contributed by atoms with van der Waals surface area (Å²) >= 11 is 0. The van der Waals surface area contributed by atoms with Crippen LogP contribution in [-0.4, -0.2) is 57.6 Å². The van der Waals surface area contributed by atoms with E-state index in [-0.39, 0.29) is 18.3 Å². The van der Waals surface area contributed by atoms with Gasteiger partial charge in [0.15, 0.2) is 29.7 Å².